The van der Waals surface area contributed by atoms with Gasteiger partial charge in [0.25, 0.3) is 0 Å². The van der Waals surface area contributed by atoms with Crippen molar-refractivity contribution in [3.63, 3.8) is 0 Å². The maximum absolute atomic E-state index is 10.4. The van der Waals surface area contributed by atoms with Gasteiger partial charge < -0.3 is 10.1 Å². The van der Waals surface area contributed by atoms with Crippen LogP contribution < -0.4 is 5.32 Å². The second-order valence-corrected chi connectivity index (χ2v) is 1.50. The molecule has 0 spiro atoms. The molecule has 0 aliphatic rings. The van der Waals surface area contributed by atoms with Gasteiger partial charge in [0, 0.05) is 7.05 Å². The first-order valence-corrected chi connectivity index (χ1v) is 2.98. The van der Waals surface area contributed by atoms with Crippen LogP contribution in [0.1, 0.15) is 0 Å². The largest absolute Gasteiger partial charge is 0.464 e. The summed E-state index contributed by atoms with van der Waals surface area (Å²) in [5, 5.41) is 2.55. The van der Waals surface area contributed by atoms with E-state index in [2.05, 4.69) is 23.1 Å². The van der Waals surface area contributed by atoms with E-state index < -0.39 is 5.97 Å². The SMILES string of the molecule is C#CC=O.C=C(NC)C(=O)OC. The van der Waals surface area contributed by atoms with Crippen LogP contribution in [0.4, 0.5) is 0 Å². The van der Waals surface area contributed by atoms with Gasteiger partial charge in [0.15, 0.2) is 6.29 Å². The van der Waals surface area contributed by atoms with Crippen LogP contribution in [0.25, 0.3) is 0 Å². The highest BCUT2D eigenvalue weighted by atomic mass is 16.5. The van der Waals surface area contributed by atoms with Crippen LogP contribution in [0.5, 0.6) is 0 Å². The summed E-state index contributed by atoms with van der Waals surface area (Å²) in [6, 6.07) is 0. The number of hydrogen-bond donors (Lipinski definition) is 1. The van der Waals surface area contributed by atoms with Crippen molar-refractivity contribution in [3.05, 3.63) is 12.3 Å². The number of esters is 1. The average molecular weight is 169 g/mol. The lowest BCUT2D eigenvalue weighted by Gasteiger charge is -1.98. The van der Waals surface area contributed by atoms with E-state index >= 15 is 0 Å². The van der Waals surface area contributed by atoms with Crippen LogP contribution in [-0.4, -0.2) is 26.4 Å². The summed E-state index contributed by atoms with van der Waals surface area (Å²) in [7, 11) is 2.92. The van der Waals surface area contributed by atoms with Gasteiger partial charge >= 0.3 is 5.97 Å². The van der Waals surface area contributed by atoms with E-state index in [1.54, 1.807) is 13.0 Å². The van der Waals surface area contributed by atoms with Crippen LogP contribution in [0.15, 0.2) is 12.3 Å². The lowest BCUT2D eigenvalue weighted by molar-refractivity contribution is -0.136. The zero-order chi connectivity index (χ0) is 9.98. The van der Waals surface area contributed by atoms with Crippen molar-refractivity contribution >= 4 is 12.3 Å². The van der Waals surface area contributed by atoms with Crippen LogP contribution >= 0.6 is 0 Å². The molecule has 0 aliphatic heterocycles. The summed E-state index contributed by atoms with van der Waals surface area (Å²) in [6.07, 6.45) is 4.81. The van der Waals surface area contributed by atoms with Gasteiger partial charge in [-0.25, -0.2) is 4.79 Å². The highest BCUT2D eigenvalue weighted by molar-refractivity contribution is 5.86. The molecule has 0 aromatic rings. The van der Waals surface area contributed by atoms with Gasteiger partial charge in [0.05, 0.1) is 7.11 Å². The molecule has 0 bridgehead atoms. The Morgan fingerprint density at radius 1 is 1.75 bits per heavy atom. The highest BCUT2D eigenvalue weighted by Crippen LogP contribution is 1.83. The molecule has 1 N–H and O–H groups in total. The molecule has 4 nitrogen and oxygen atoms in total. The van der Waals surface area contributed by atoms with E-state index in [1.807, 2.05) is 0 Å². The molecule has 66 valence electrons. The summed E-state index contributed by atoms with van der Waals surface area (Å²) in [5.74, 6) is 1.33. The fraction of sp³-hybridized carbons (Fsp3) is 0.250. The van der Waals surface area contributed by atoms with Crippen LogP contribution in [0.2, 0.25) is 0 Å². The summed E-state index contributed by atoms with van der Waals surface area (Å²) in [6.45, 7) is 3.36. The minimum Gasteiger partial charge on any atom is -0.464 e. The van der Waals surface area contributed by atoms with Crippen molar-refractivity contribution in [2.24, 2.45) is 0 Å². The number of carbonyl (C=O) groups excluding carboxylic acids is 2. The van der Waals surface area contributed by atoms with E-state index in [0.29, 0.717) is 6.29 Å². The summed E-state index contributed by atoms with van der Waals surface area (Å²) >= 11 is 0. The van der Waals surface area contributed by atoms with Crippen molar-refractivity contribution < 1.29 is 14.3 Å². The number of hydrogen-bond acceptors (Lipinski definition) is 4. The van der Waals surface area contributed by atoms with Gasteiger partial charge in [-0.15, -0.1) is 6.42 Å². The zero-order valence-electron chi connectivity index (χ0n) is 7.09. The van der Waals surface area contributed by atoms with Crippen LogP contribution in [0.3, 0.4) is 0 Å². The van der Waals surface area contributed by atoms with Gasteiger partial charge in [-0.2, -0.15) is 0 Å². The fourth-order valence-electron chi connectivity index (χ4n) is 0.225. The number of rotatable bonds is 2. The minimum absolute atomic E-state index is 0.271. The van der Waals surface area contributed by atoms with Crippen molar-refractivity contribution in [1.82, 2.24) is 5.32 Å². The first kappa shape index (κ1) is 12.9. The Bertz CT molecular complexity index is 189. The van der Waals surface area contributed by atoms with E-state index in [1.165, 1.54) is 7.11 Å². The van der Waals surface area contributed by atoms with Gasteiger partial charge in [-0.1, -0.05) is 6.58 Å². The molecule has 0 rings (SSSR count). The maximum Gasteiger partial charge on any atom is 0.353 e. The lowest BCUT2D eigenvalue weighted by atomic mass is 10.5. The van der Waals surface area contributed by atoms with Crippen molar-refractivity contribution in [2.75, 3.05) is 14.2 Å². The van der Waals surface area contributed by atoms with E-state index in [4.69, 9.17) is 4.79 Å². The molecule has 0 heterocycles. The summed E-state index contributed by atoms with van der Waals surface area (Å²) in [4.78, 5) is 19.3. The number of methoxy groups -OCH3 is 1. The third kappa shape index (κ3) is 8.24. The molecule has 0 fully saturated rings. The van der Waals surface area contributed by atoms with Crippen LogP contribution in [-0.2, 0) is 14.3 Å². The second kappa shape index (κ2) is 9.24. The molecule has 0 amide bonds. The number of terminal acetylenes is 1. The Labute approximate surface area is 71.6 Å². The average Bonchev–Trinajstić information content (AvgIpc) is 2.15. The van der Waals surface area contributed by atoms with Crippen molar-refractivity contribution in [1.29, 1.82) is 0 Å². The Morgan fingerprint density at radius 2 is 2.17 bits per heavy atom. The van der Waals surface area contributed by atoms with Crippen molar-refractivity contribution in [3.8, 4) is 12.3 Å². The smallest absolute Gasteiger partial charge is 0.353 e. The molecule has 0 radical (unpaired) electrons. The van der Waals surface area contributed by atoms with Gasteiger partial charge in [0.1, 0.15) is 5.70 Å². The standard InChI is InChI=1S/C5H9NO2.C3H2O/c1-4(6-2)5(7)8-3;1-2-3-4/h6H,1H2,2-3H3;1,3H. The number of carbonyl (C=O) groups is 2. The summed E-state index contributed by atoms with van der Waals surface area (Å²) < 4.78 is 4.30. The Hall–Kier alpha value is -1.76. The van der Waals surface area contributed by atoms with Crippen LogP contribution in [0, 0.1) is 12.3 Å². The maximum atomic E-state index is 10.4. The molecule has 0 aliphatic carbocycles. The monoisotopic (exact) mass is 169 g/mol. The van der Waals surface area contributed by atoms with E-state index in [-0.39, 0.29) is 5.70 Å². The van der Waals surface area contributed by atoms with Gasteiger partial charge in [-0.3, -0.25) is 4.79 Å². The molecule has 0 aromatic heterocycles. The van der Waals surface area contributed by atoms with E-state index in [9.17, 15) is 4.79 Å². The summed E-state index contributed by atoms with van der Waals surface area (Å²) in [5.41, 5.74) is 0.271. The Kier molecular flexibility index (Phi) is 9.91. The van der Waals surface area contributed by atoms with Gasteiger partial charge in [0.2, 0.25) is 0 Å². The second-order valence-electron chi connectivity index (χ2n) is 1.50. The van der Waals surface area contributed by atoms with Gasteiger partial charge in [-0.05, 0) is 5.92 Å². The number of ether oxygens (including phenoxy) is 1. The Balaban J connectivity index is 0. The molecule has 0 saturated carbocycles. The fourth-order valence-corrected chi connectivity index (χ4v) is 0.225. The topological polar surface area (TPSA) is 55.4 Å². The third-order valence-corrected chi connectivity index (χ3v) is 0.802. The minimum atomic E-state index is -0.424. The first-order valence-electron chi connectivity index (χ1n) is 2.98. The molecule has 12 heavy (non-hydrogen) atoms. The molecule has 0 atom stereocenters. The van der Waals surface area contributed by atoms with Crippen molar-refractivity contribution in [2.45, 2.75) is 0 Å². The molecule has 0 unspecified atom stereocenters. The third-order valence-electron chi connectivity index (χ3n) is 0.802. The predicted molar refractivity (Wildman–Crippen MR) is 45.1 cm³/mol. The molecule has 0 saturated heterocycles. The predicted octanol–water partition coefficient (Wildman–Crippen LogP) is -0.289. The molecular weight excluding hydrogens is 158 g/mol. The first-order chi connectivity index (χ1) is 5.63. The molecule has 0 aromatic carbocycles. The number of nitrogens with one attached hydrogen (secondary N) is 1. The molecular formula is C8H11NO3. The molecule has 4 heteroatoms. The quantitative estimate of drug-likeness (QED) is 0.267. The Morgan fingerprint density at radius 3 is 2.25 bits per heavy atom. The highest BCUT2D eigenvalue weighted by Gasteiger charge is 2.00. The normalized spacial score (nSPS) is 6.42. The lowest BCUT2D eigenvalue weighted by Crippen LogP contribution is -2.15. The van der Waals surface area contributed by atoms with E-state index in [0.717, 1.165) is 0 Å². The zero-order valence-corrected chi connectivity index (χ0v) is 7.09. The number of likely N-dealkylation sites (N-methyl/N-ethyl adjacent to an activating group) is 1. The number of aldehydes is 1.